The van der Waals surface area contributed by atoms with Crippen LogP contribution in [0.15, 0.2) is 6.20 Å². The van der Waals surface area contributed by atoms with Crippen molar-refractivity contribution in [3.05, 3.63) is 16.1 Å². The molecule has 0 bridgehead atoms. The zero-order chi connectivity index (χ0) is 5.98. The van der Waals surface area contributed by atoms with Crippen LogP contribution < -0.4 is 0 Å². The van der Waals surface area contributed by atoms with E-state index in [1.54, 1.807) is 11.3 Å². The molecule has 0 aliphatic carbocycles. The second-order valence-corrected chi connectivity index (χ2v) is 3.04. The van der Waals surface area contributed by atoms with Crippen molar-refractivity contribution >= 4 is 11.3 Å². The maximum Gasteiger partial charge on any atom is 0.0924 e. The third kappa shape index (κ3) is 4.96. The zero-order valence-corrected chi connectivity index (χ0v) is 5.96. The van der Waals surface area contributed by atoms with Crippen molar-refractivity contribution in [3.63, 3.8) is 0 Å². The van der Waals surface area contributed by atoms with Crippen molar-refractivity contribution in [2.75, 3.05) is 0 Å². The molecule has 1 nitrogen and oxygen atoms in total. The Morgan fingerprint density at radius 3 is 2.09 bits per heavy atom. The predicted octanol–water partition coefficient (Wildman–Crippen LogP) is 3.92. The molecule has 0 saturated heterocycles. The summed E-state index contributed by atoms with van der Waals surface area (Å²) < 4.78 is 0. The topological polar surface area (TPSA) is 12.9 Å². The molecule has 0 unspecified atom stereocenters. The molecule has 1 aromatic heterocycles. The number of hydrogen-bond acceptors (Lipinski definition) is 2. The first-order chi connectivity index (χ1) is 3.83. The Balaban J connectivity index is -0.000000213. The van der Waals surface area contributed by atoms with Crippen LogP contribution in [0.25, 0.3) is 0 Å². The maximum atomic E-state index is 4.15. The van der Waals surface area contributed by atoms with E-state index in [0.717, 1.165) is 6.42 Å². The Morgan fingerprint density at radius 1 is 1.36 bits per heavy atom. The van der Waals surface area contributed by atoms with Gasteiger partial charge in [-0.1, -0.05) is 29.2 Å². The number of aryl methyl sites for hydroxylation is 2. The number of nitrogens with zero attached hydrogens (tertiary/aromatic N) is 1. The molecule has 0 amide bonds. The van der Waals surface area contributed by atoms with Crippen molar-refractivity contribution in [1.29, 1.82) is 0 Å². The Labute approximate surface area is 75.5 Å². The van der Waals surface area contributed by atoms with Crippen LogP contribution in [0.5, 0.6) is 0 Å². The summed E-state index contributed by atoms with van der Waals surface area (Å²) in [6.07, 6.45) is 2.99. The molecule has 2 heteroatoms. The smallest absolute Gasteiger partial charge is 0.0924 e. The molecule has 1 rings (SSSR count). The van der Waals surface area contributed by atoms with Gasteiger partial charge in [-0.05, 0) is 13.3 Å². The molecule has 0 atom stereocenters. The molecule has 1 aromatic rings. The average molecular weight is 175 g/mol. The summed E-state index contributed by atoms with van der Waals surface area (Å²) in [7, 11) is 0. The highest BCUT2D eigenvalue weighted by Crippen LogP contribution is 2.10. The normalized spacial score (nSPS) is 7.09. The molecular weight excluding hydrogens is 154 g/mol. The fourth-order valence-electron chi connectivity index (χ4n) is 0.565. The van der Waals surface area contributed by atoms with Crippen LogP contribution in [0.3, 0.4) is 0 Å². The Bertz CT molecular complexity index is 170. The van der Waals surface area contributed by atoms with E-state index in [4.69, 9.17) is 0 Å². The first-order valence-corrected chi connectivity index (χ1v) is 3.56. The summed E-state index contributed by atoms with van der Waals surface area (Å²) in [6.45, 7) is 4.20. The van der Waals surface area contributed by atoms with E-state index in [1.165, 1.54) is 9.88 Å². The minimum atomic E-state index is 0. The molecule has 0 fully saturated rings. The second kappa shape index (κ2) is 7.73. The first-order valence-electron chi connectivity index (χ1n) is 2.74. The molecule has 0 aliphatic rings. The van der Waals surface area contributed by atoms with Gasteiger partial charge in [0.1, 0.15) is 0 Å². The SMILES string of the molecule is C.C.C.CCc1ncc(C)s1. The van der Waals surface area contributed by atoms with Gasteiger partial charge in [0.15, 0.2) is 0 Å². The molecule has 0 aliphatic heterocycles. The highest BCUT2D eigenvalue weighted by atomic mass is 32.1. The molecule has 0 saturated carbocycles. The number of hydrogen-bond donors (Lipinski definition) is 0. The van der Waals surface area contributed by atoms with E-state index >= 15 is 0 Å². The Morgan fingerprint density at radius 2 is 1.91 bits per heavy atom. The fraction of sp³-hybridized carbons (Fsp3) is 0.667. The van der Waals surface area contributed by atoms with Gasteiger partial charge in [-0.2, -0.15) is 0 Å². The number of aromatic nitrogens is 1. The van der Waals surface area contributed by atoms with Crippen molar-refractivity contribution in [3.8, 4) is 0 Å². The Kier molecular flexibility index (Phi) is 11.9. The van der Waals surface area contributed by atoms with Crippen LogP contribution in [-0.4, -0.2) is 4.98 Å². The lowest BCUT2D eigenvalue weighted by atomic mass is 10.5. The zero-order valence-electron chi connectivity index (χ0n) is 5.14. The van der Waals surface area contributed by atoms with Gasteiger partial charge in [0.25, 0.3) is 0 Å². The van der Waals surface area contributed by atoms with Gasteiger partial charge in [-0.3, -0.25) is 0 Å². The lowest BCUT2D eigenvalue weighted by Gasteiger charge is -1.78. The van der Waals surface area contributed by atoms with Gasteiger partial charge >= 0.3 is 0 Å². The molecule has 0 aromatic carbocycles. The van der Waals surface area contributed by atoms with Crippen molar-refractivity contribution in [2.24, 2.45) is 0 Å². The predicted molar refractivity (Wildman–Crippen MR) is 56.4 cm³/mol. The molecule has 0 spiro atoms. The Hall–Kier alpha value is -0.370. The van der Waals surface area contributed by atoms with Gasteiger partial charge in [0, 0.05) is 11.1 Å². The van der Waals surface area contributed by atoms with Crippen LogP contribution in [0, 0.1) is 6.92 Å². The van der Waals surface area contributed by atoms with E-state index in [0.29, 0.717) is 0 Å². The lowest BCUT2D eigenvalue weighted by molar-refractivity contribution is 1.09. The highest BCUT2D eigenvalue weighted by molar-refractivity contribution is 7.11. The van der Waals surface area contributed by atoms with Crippen LogP contribution in [-0.2, 0) is 6.42 Å². The minimum absolute atomic E-state index is 0. The van der Waals surface area contributed by atoms with Gasteiger partial charge in [-0.15, -0.1) is 11.3 Å². The summed E-state index contributed by atoms with van der Waals surface area (Å²) in [5, 5.41) is 1.24. The third-order valence-electron chi connectivity index (χ3n) is 0.972. The molecule has 11 heavy (non-hydrogen) atoms. The van der Waals surface area contributed by atoms with E-state index in [9.17, 15) is 0 Å². The van der Waals surface area contributed by atoms with E-state index in [2.05, 4.69) is 18.8 Å². The average Bonchev–Trinajstić information content (AvgIpc) is 2.14. The van der Waals surface area contributed by atoms with Crippen LogP contribution in [0.1, 0.15) is 39.1 Å². The maximum absolute atomic E-state index is 4.15. The lowest BCUT2D eigenvalue weighted by Crippen LogP contribution is -1.70. The van der Waals surface area contributed by atoms with Crippen molar-refractivity contribution in [2.45, 2.75) is 42.5 Å². The third-order valence-corrected chi connectivity index (χ3v) is 2.03. The summed E-state index contributed by atoms with van der Waals surface area (Å²) in [5.74, 6) is 0. The van der Waals surface area contributed by atoms with Gasteiger partial charge in [-0.25, -0.2) is 4.98 Å². The van der Waals surface area contributed by atoms with Gasteiger partial charge < -0.3 is 0 Å². The number of rotatable bonds is 1. The summed E-state index contributed by atoms with van der Waals surface area (Å²) >= 11 is 1.78. The quantitative estimate of drug-likeness (QED) is 0.630. The van der Waals surface area contributed by atoms with Gasteiger partial charge in [0.2, 0.25) is 0 Å². The van der Waals surface area contributed by atoms with E-state index in [1.807, 2.05) is 6.20 Å². The van der Waals surface area contributed by atoms with E-state index < -0.39 is 0 Å². The monoisotopic (exact) mass is 175 g/mol. The molecule has 68 valence electrons. The van der Waals surface area contributed by atoms with Crippen molar-refractivity contribution < 1.29 is 0 Å². The van der Waals surface area contributed by atoms with Crippen molar-refractivity contribution in [1.82, 2.24) is 4.98 Å². The molecule has 1 heterocycles. The number of thiazole rings is 1. The summed E-state index contributed by atoms with van der Waals surface area (Å²) in [6, 6.07) is 0. The fourth-order valence-corrected chi connectivity index (χ4v) is 1.29. The van der Waals surface area contributed by atoms with E-state index in [-0.39, 0.29) is 22.3 Å². The largest absolute Gasteiger partial charge is 0.249 e. The molecular formula is C9H21NS. The van der Waals surface area contributed by atoms with Crippen LogP contribution in [0.2, 0.25) is 0 Å². The second-order valence-electron chi connectivity index (χ2n) is 1.72. The molecule has 0 N–H and O–H groups in total. The highest BCUT2D eigenvalue weighted by Gasteiger charge is 1.91. The van der Waals surface area contributed by atoms with Gasteiger partial charge in [0.05, 0.1) is 5.01 Å². The van der Waals surface area contributed by atoms with Crippen LogP contribution >= 0.6 is 11.3 Å². The standard InChI is InChI=1S/C6H9NS.3CH4/c1-3-6-7-4-5(2)8-6;;;/h4H,3H2,1-2H3;3*1H4. The summed E-state index contributed by atoms with van der Waals surface area (Å²) in [4.78, 5) is 5.46. The van der Waals surface area contributed by atoms with Crippen LogP contribution in [0.4, 0.5) is 0 Å². The first kappa shape index (κ1) is 16.9. The molecule has 0 radical (unpaired) electrons. The minimum Gasteiger partial charge on any atom is -0.249 e. The summed E-state index contributed by atoms with van der Waals surface area (Å²) in [5.41, 5.74) is 0.